The first kappa shape index (κ1) is 11.8. The average Bonchev–Trinajstić information content (AvgIpc) is 2.20. The Morgan fingerprint density at radius 2 is 2.13 bits per heavy atom. The van der Waals surface area contributed by atoms with E-state index in [1.54, 1.807) is 0 Å². The second kappa shape index (κ2) is 6.25. The van der Waals surface area contributed by atoms with Crippen molar-refractivity contribution >= 4 is 0 Å². The minimum absolute atomic E-state index is 0.704. The summed E-state index contributed by atoms with van der Waals surface area (Å²) in [7, 11) is 1.94. The summed E-state index contributed by atoms with van der Waals surface area (Å²) in [5.41, 5.74) is 2.35. The van der Waals surface area contributed by atoms with Gasteiger partial charge in [0.1, 0.15) is 5.75 Å². The maximum absolute atomic E-state index is 5.70. The van der Waals surface area contributed by atoms with Gasteiger partial charge in [-0.15, -0.1) is 6.58 Å². The molecule has 0 heterocycles. The van der Waals surface area contributed by atoms with Gasteiger partial charge in [-0.05, 0) is 20.0 Å². The first-order valence-electron chi connectivity index (χ1n) is 5.23. The lowest BCUT2D eigenvalue weighted by atomic mass is 10.2. The van der Waals surface area contributed by atoms with E-state index in [-0.39, 0.29) is 0 Å². The van der Waals surface area contributed by atoms with Crippen LogP contribution in [-0.4, -0.2) is 13.7 Å². The van der Waals surface area contributed by atoms with Crippen LogP contribution in [-0.2, 0) is 6.54 Å². The van der Waals surface area contributed by atoms with Crippen molar-refractivity contribution in [3.63, 3.8) is 0 Å². The van der Waals surface area contributed by atoms with Gasteiger partial charge in [0.25, 0.3) is 0 Å². The average molecular weight is 205 g/mol. The molecule has 0 aromatic heterocycles. The standard InChI is InChI=1S/C13H19NO/c1-11(2)8-9-15-13-7-5-4-6-12(13)10-14-3/h4-7,14H,1,8-10H2,2-3H3. The van der Waals surface area contributed by atoms with Crippen molar-refractivity contribution in [1.29, 1.82) is 0 Å². The highest BCUT2D eigenvalue weighted by atomic mass is 16.5. The smallest absolute Gasteiger partial charge is 0.123 e. The Bertz CT molecular complexity index is 320. The zero-order chi connectivity index (χ0) is 11.1. The van der Waals surface area contributed by atoms with Gasteiger partial charge in [0.15, 0.2) is 0 Å². The SMILES string of the molecule is C=C(C)CCOc1ccccc1CNC. The minimum atomic E-state index is 0.704. The molecule has 82 valence electrons. The Morgan fingerprint density at radius 3 is 2.80 bits per heavy atom. The van der Waals surface area contributed by atoms with Crippen LogP contribution >= 0.6 is 0 Å². The van der Waals surface area contributed by atoms with Crippen LogP contribution in [0.1, 0.15) is 18.9 Å². The van der Waals surface area contributed by atoms with Crippen molar-refractivity contribution in [3.8, 4) is 5.75 Å². The molecule has 15 heavy (non-hydrogen) atoms. The van der Waals surface area contributed by atoms with E-state index >= 15 is 0 Å². The van der Waals surface area contributed by atoms with Gasteiger partial charge in [-0.1, -0.05) is 23.8 Å². The molecule has 0 saturated heterocycles. The van der Waals surface area contributed by atoms with Crippen LogP contribution in [0.25, 0.3) is 0 Å². The summed E-state index contributed by atoms with van der Waals surface area (Å²) >= 11 is 0. The fraction of sp³-hybridized carbons (Fsp3) is 0.385. The van der Waals surface area contributed by atoms with E-state index in [0.717, 1.165) is 24.3 Å². The minimum Gasteiger partial charge on any atom is -0.493 e. The number of hydrogen-bond acceptors (Lipinski definition) is 2. The topological polar surface area (TPSA) is 21.3 Å². The number of hydrogen-bond donors (Lipinski definition) is 1. The molecule has 0 aliphatic heterocycles. The van der Waals surface area contributed by atoms with Gasteiger partial charge in [0.05, 0.1) is 6.61 Å². The van der Waals surface area contributed by atoms with E-state index in [4.69, 9.17) is 4.74 Å². The molecule has 0 saturated carbocycles. The molecule has 0 atom stereocenters. The zero-order valence-electron chi connectivity index (χ0n) is 9.55. The lowest BCUT2D eigenvalue weighted by Crippen LogP contribution is -2.08. The fourth-order valence-electron chi connectivity index (χ4n) is 1.32. The quantitative estimate of drug-likeness (QED) is 0.721. The third kappa shape index (κ3) is 4.17. The molecule has 0 radical (unpaired) electrons. The zero-order valence-corrected chi connectivity index (χ0v) is 9.55. The molecule has 0 bridgehead atoms. The highest BCUT2D eigenvalue weighted by Crippen LogP contribution is 2.18. The van der Waals surface area contributed by atoms with Gasteiger partial charge in [-0.2, -0.15) is 0 Å². The third-order valence-corrected chi connectivity index (χ3v) is 2.13. The van der Waals surface area contributed by atoms with E-state index in [1.807, 2.05) is 32.2 Å². The number of rotatable bonds is 6. The summed E-state index contributed by atoms with van der Waals surface area (Å²) in [5, 5.41) is 3.13. The summed E-state index contributed by atoms with van der Waals surface area (Å²) in [6, 6.07) is 8.10. The largest absolute Gasteiger partial charge is 0.493 e. The summed E-state index contributed by atoms with van der Waals surface area (Å²) in [5.74, 6) is 0.966. The van der Waals surface area contributed by atoms with Crippen molar-refractivity contribution in [2.45, 2.75) is 19.9 Å². The lowest BCUT2D eigenvalue weighted by molar-refractivity contribution is 0.318. The van der Waals surface area contributed by atoms with Gasteiger partial charge in [-0.25, -0.2) is 0 Å². The summed E-state index contributed by atoms with van der Waals surface area (Å²) in [6.45, 7) is 7.41. The molecule has 2 heteroatoms. The molecule has 0 fully saturated rings. The number of para-hydroxylation sites is 1. The van der Waals surface area contributed by atoms with Crippen LogP contribution < -0.4 is 10.1 Å². The second-order valence-electron chi connectivity index (χ2n) is 3.69. The maximum Gasteiger partial charge on any atom is 0.123 e. The molecule has 0 spiro atoms. The monoisotopic (exact) mass is 205 g/mol. The van der Waals surface area contributed by atoms with Crippen LogP contribution in [0.3, 0.4) is 0 Å². The number of benzene rings is 1. The van der Waals surface area contributed by atoms with Crippen LogP contribution in [0.5, 0.6) is 5.75 Å². The van der Waals surface area contributed by atoms with Gasteiger partial charge in [-0.3, -0.25) is 0 Å². The Labute approximate surface area is 92.0 Å². The van der Waals surface area contributed by atoms with E-state index in [9.17, 15) is 0 Å². The van der Waals surface area contributed by atoms with Crippen molar-refractivity contribution in [2.75, 3.05) is 13.7 Å². The predicted octanol–water partition coefficient (Wildman–Crippen LogP) is 2.75. The first-order valence-corrected chi connectivity index (χ1v) is 5.23. The molecule has 0 aliphatic rings. The Kier molecular flexibility index (Phi) is 4.91. The molecule has 1 rings (SSSR count). The molecule has 0 aliphatic carbocycles. The Morgan fingerprint density at radius 1 is 1.40 bits per heavy atom. The number of nitrogens with one attached hydrogen (secondary N) is 1. The highest BCUT2D eigenvalue weighted by molar-refractivity contribution is 5.33. The van der Waals surface area contributed by atoms with Gasteiger partial charge < -0.3 is 10.1 Å². The first-order chi connectivity index (χ1) is 7.24. The Hall–Kier alpha value is -1.28. The summed E-state index contributed by atoms with van der Waals surface area (Å²) in [6.07, 6.45) is 0.911. The van der Waals surface area contributed by atoms with Crippen molar-refractivity contribution in [2.24, 2.45) is 0 Å². The van der Waals surface area contributed by atoms with Crippen molar-refractivity contribution < 1.29 is 4.74 Å². The molecular weight excluding hydrogens is 186 g/mol. The lowest BCUT2D eigenvalue weighted by Gasteiger charge is -2.10. The molecular formula is C13H19NO. The predicted molar refractivity (Wildman–Crippen MR) is 64.1 cm³/mol. The Balaban J connectivity index is 2.55. The molecule has 1 aromatic rings. The van der Waals surface area contributed by atoms with Crippen LogP contribution in [0, 0.1) is 0 Å². The fourth-order valence-corrected chi connectivity index (χ4v) is 1.32. The third-order valence-electron chi connectivity index (χ3n) is 2.13. The van der Waals surface area contributed by atoms with Gasteiger partial charge >= 0.3 is 0 Å². The molecule has 0 amide bonds. The highest BCUT2D eigenvalue weighted by Gasteiger charge is 2.00. The molecule has 0 unspecified atom stereocenters. The van der Waals surface area contributed by atoms with Gasteiger partial charge in [0.2, 0.25) is 0 Å². The van der Waals surface area contributed by atoms with Crippen LogP contribution in [0.4, 0.5) is 0 Å². The van der Waals surface area contributed by atoms with E-state index < -0.39 is 0 Å². The molecule has 2 nitrogen and oxygen atoms in total. The second-order valence-corrected chi connectivity index (χ2v) is 3.69. The summed E-state index contributed by atoms with van der Waals surface area (Å²) < 4.78 is 5.70. The maximum atomic E-state index is 5.70. The van der Waals surface area contributed by atoms with Crippen molar-refractivity contribution in [1.82, 2.24) is 5.32 Å². The van der Waals surface area contributed by atoms with Crippen molar-refractivity contribution in [3.05, 3.63) is 42.0 Å². The number of ether oxygens (including phenoxy) is 1. The molecule has 1 N–H and O–H groups in total. The van der Waals surface area contributed by atoms with Crippen LogP contribution in [0.2, 0.25) is 0 Å². The van der Waals surface area contributed by atoms with E-state index in [0.29, 0.717) is 6.61 Å². The van der Waals surface area contributed by atoms with Crippen LogP contribution in [0.15, 0.2) is 36.4 Å². The summed E-state index contributed by atoms with van der Waals surface area (Å²) in [4.78, 5) is 0. The molecule has 1 aromatic carbocycles. The normalized spacial score (nSPS) is 10.0. The van der Waals surface area contributed by atoms with E-state index in [1.165, 1.54) is 5.56 Å². The van der Waals surface area contributed by atoms with E-state index in [2.05, 4.69) is 18.0 Å². The van der Waals surface area contributed by atoms with Gasteiger partial charge in [0, 0.05) is 18.5 Å².